The van der Waals surface area contributed by atoms with E-state index < -0.39 is 6.10 Å². The Hall–Kier alpha value is -2.18. The number of carbonyl (C=O) groups is 2. The number of unbranched alkanes of at least 4 members (excludes halogenated alkanes) is 11. The van der Waals surface area contributed by atoms with Gasteiger partial charge in [-0.25, -0.2) is 0 Å². The van der Waals surface area contributed by atoms with Crippen LogP contribution in [0.2, 0.25) is 0 Å². The minimum Gasteiger partial charge on any atom is -0.463 e. The first kappa shape index (κ1) is 41.8. The summed E-state index contributed by atoms with van der Waals surface area (Å²) in [4.78, 5) is 23.8. The Balaban J connectivity index is 3.63. The highest BCUT2D eigenvalue weighted by molar-refractivity contribution is 5.69. The molecule has 0 radical (unpaired) electrons. The van der Waals surface area contributed by atoms with Gasteiger partial charge < -0.3 is 19.7 Å². The molecule has 44 heavy (non-hydrogen) atoms. The van der Waals surface area contributed by atoms with Crippen LogP contribution in [0.5, 0.6) is 0 Å². The maximum Gasteiger partial charge on any atom is 0.305 e. The molecule has 0 amide bonds. The minimum atomic E-state index is -0.997. The van der Waals surface area contributed by atoms with Crippen molar-refractivity contribution in [2.45, 2.75) is 161 Å². The lowest BCUT2D eigenvalue weighted by molar-refractivity contribution is -0.152. The van der Waals surface area contributed by atoms with Crippen molar-refractivity contribution in [3.8, 4) is 0 Å². The van der Waals surface area contributed by atoms with E-state index in [1.54, 1.807) is 0 Å². The Morgan fingerprint density at radius 3 is 1.75 bits per heavy atom. The number of aliphatic hydroxyl groups is 2. The molecule has 0 aliphatic carbocycles. The molecule has 0 rings (SSSR count). The molecular formula is C38H66O6. The maximum atomic E-state index is 11.9. The summed E-state index contributed by atoms with van der Waals surface area (Å²) in [5.41, 5.74) is 0. The molecule has 0 spiro atoms. The second kappa shape index (κ2) is 32.2. The summed E-state index contributed by atoms with van der Waals surface area (Å²) < 4.78 is 10.2. The predicted octanol–water partition coefficient (Wildman–Crippen LogP) is 9.50. The van der Waals surface area contributed by atoms with Crippen molar-refractivity contribution in [1.82, 2.24) is 0 Å². The SMILES string of the molecule is CCCCC[C@@H](O)/C=C/C=C\C/C=C\C/C=C\CCCC(=O)OC[C@@H](O)COC(=O)CCCCCCCCCCCC(C)C. The zero-order chi connectivity index (χ0) is 32.5. The van der Waals surface area contributed by atoms with E-state index >= 15 is 0 Å². The standard InChI is InChI=1S/C38H66O6/c1-4-5-22-28-35(39)29-24-19-15-11-7-6-8-12-16-20-25-30-37(41)43-32-36(40)33-44-38(42)31-26-21-17-13-9-10-14-18-23-27-34(2)3/h6-7,12,15-16,19,24,29,34-36,39-40H,4-5,8-11,13-14,17-18,20-23,25-28,30-33H2,1-3H3/b7-6-,16-12-,19-15-,29-24+/t35-,36-/m1/s1. The first-order valence-electron chi connectivity index (χ1n) is 17.7. The smallest absolute Gasteiger partial charge is 0.305 e. The average molecular weight is 619 g/mol. The number of hydrogen-bond acceptors (Lipinski definition) is 6. The maximum absolute atomic E-state index is 11.9. The average Bonchev–Trinajstić information content (AvgIpc) is 3.00. The third-order valence-corrected chi connectivity index (χ3v) is 7.35. The number of ether oxygens (including phenoxy) is 2. The Morgan fingerprint density at radius 2 is 1.14 bits per heavy atom. The summed E-state index contributed by atoms with van der Waals surface area (Å²) in [6.45, 7) is 6.42. The first-order valence-corrected chi connectivity index (χ1v) is 17.7. The van der Waals surface area contributed by atoms with Crippen LogP contribution in [0.15, 0.2) is 48.6 Å². The van der Waals surface area contributed by atoms with E-state index in [2.05, 4.69) is 51.2 Å². The largest absolute Gasteiger partial charge is 0.463 e. The summed E-state index contributed by atoms with van der Waals surface area (Å²) in [6, 6.07) is 0. The Bertz CT molecular complexity index is 782. The molecule has 254 valence electrons. The minimum absolute atomic E-state index is 0.145. The normalized spacial score (nSPS) is 13.6. The molecule has 0 aromatic carbocycles. The second-order valence-corrected chi connectivity index (χ2v) is 12.3. The number of carbonyl (C=O) groups excluding carboxylic acids is 2. The van der Waals surface area contributed by atoms with Gasteiger partial charge in [-0.05, 0) is 44.4 Å². The van der Waals surface area contributed by atoms with Crippen molar-refractivity contribution in [1.29, 1.82) is 0 Å². The quantitative estimate of drug-likeness (QED) is 0.0360. The van der Waals surface area contributed by atoms with Gasteiger partial charge in [-0.2, -0.15) is 0 Å². The second-order valence-electron chi connectivity index (χ2n) is 12.3. The summed E-state index contributed by atoms with van der Waals surface area (Å²) in [6.07, 6.45) is 34.9. The Morgan fingerprint density at radius 1 is 0.614 bits per heavy atom. The van der Waals surface area contributed by atoms with Crippen molar-refractivity contribution in [3.63, 3.8) is 0 Å². The fourth-order valence-electron chi connectivity index (χ4n) is 4.61. The molecule has 0 fully saturated rings. The molecule has 0 aliphatic heterocycles. The lowest BCUT2D eigenvalue weighted by Gasteiger charge is -2.12. The third-order valence-electron chi connectivity index (χ3n) is 7.35. The molecule has 0 heterocycles. The Labute approximate surface area is 270 Å². The summed E-state index contributed by atoms with van der Waals surface area (Å²) in [5.74, 6) is 0.152. The van der Waals surface area contributed by atoms with Crippen LogP contribution in [-0.2, 0) is 19.1 Å². The highest BCUT2D eigenvalue weighted by atomic mass is 16.6. The van der Waals surface area contributed by atoms with Crippen LogP contribution in [0, 0.1) is 5.92 Å². The van der Waals surface area contributed by atoms with Gasteiger partial charge in [0.25, 0.3) is 0 Å². The van der Waals surface area contributed by atoms with Crippen molar-refractivity contribution >= 4 is 11.9 Å². The number of aliphatic hydroxyl groups excluding tert-OH is 2. The van der Waals surface area contributed by atoms with E-state index in [0.717, 1.165) is 63.7 Å². The predicted molar refractivity (Wildman–Crippen MR) is 183 cm³/mol. The van der Waals surface area contributed by atoms with Gasteiger partial charge in [0.1, 0.15) is 19.3 Å². The van der Waals surface area contributed by atoms with Crippen molar-refractivity contribution in [2.24, 2.45) is 5.92 Å². The molecule has 2 atom stereocenters. The number of esters is 2. The van der Waals surface area contributed by atoms with Gasteiger partial charge in [0.2, 0.25) is 0 Å². The van der Waals surface area contributed by atoms with Crippen LogP contribution >= 0.6 is 0 Å². The summed E-state index contributed by atoms with van der Waals surface area (Å²) in [5, 5.41) is 19.8. The topological polar surface area (TPSA) is 93.1 Å². The highest BCUT2D eigenvalue weighted by Crippen LogP contribution is 2.13. The van der Waals surface area contributed by atoms with Crippen LogP contribution in [0.1, 0.15) is 149 Å². The number of allylic oxidation sites excluding steroid dienone is 7. The van der Waals surface area contributed by atoms with Gasteiger partial charge in [-0.3, -0.25) is 9.59 Å². The molecule has 6 heteroatoms. The molecule has 2 N–H and O–H groups in total. The molecule has 0 saturated heterocycles. The van der Waals surface area contributed by atoms with Crippen LogP contribution in [0.4, 0.5) is 0 Å². The van der Waals surface area contributed by atoms with Gasteiger partial charge in [-0.15, -0.1) is 0 Å². The van der Waals surface area contributed by atoms with E-state index in [0.29, 0.717) is 12.8 Å². The van der Waals surface area contributed by atoms with Gasteiger partial charge in [0.05, 0.1) is 6.10 Å². The lowest BCUT2D eigenvalue weighted by atomic mass is 10.0. The fourth-order valence-corrected chi connectivity index (χ4v) is 4.61. The van der Waals surface area contributed by atoms with Gasteiger partial charge in [0, 0.05) is 12.8 Å². The Kier molecular flexibility index (Phi) is 30.6. The van der Waals surface area contributed by atoms with Crippen molar-refractivity contribution in [3.05, 3.63) is 48.6 Å². The zero-order valence-electron chi connectivity index (χ0n) is 28.4. The molecule has 6 nitrogen and oxygen atoms in total. The zero-order valence-corrected chi connectivity index (χ0v) is 28.4. The monoisotopic (exact) mass is 618 g/mol. The van der Waals surface area contributed by atoms with E-state index in [4.69, 9.17) is 9.47 Å². The molecule has 0 unspecified atom stereocenters. The molecule has 0 aliphatic rings. The van der Waals surface area contributed by atoms with E-state index in [1.807, 2.05) is 18.2 Å². The highest BCUT2D eigenvalue weighted by Gasteiger charge is 2.12. The summed E-state index contributed by atoms with van der Waals surface area (Å²) >= 11 is 0. The van der Waals surface area contributed by atoms with E-state index in [1.165, 1.54) is 51.4 Å². The van der Waals surface area contributed by atoms with Crippen LogP contribution in [0.3, 0.4) is 0 Å². The number of hydrogen-bond donors (Lipinski definition) is 2. The van der Waals surface area contributed by atoms with Crippen LogP contribution < -0.4 is 0 Å². The summed E-state index contributed by atoms with van der Waals surface area (Å²) in [7, 11) is 0. The lowest BCUT2D eigenvalue weighted by Crippen LogP contribution is -2.25. The van der Waals surface area contributed by atoms with Gasteiger partial charge in [0.15, 0.2) is 0 Å². The molecule has 0 bridgehead atoms. The van der Waals surface area contributed by atoms with Crippen LogP contribution in [0.25, 0.3) is 0 Å². The van der Waals surface area contributed by atoms with Crippen molar-refractivity contribution < 1.29 is 29.3 Å². The number of rotatable bonds is 30. The molecule has 0 saturated carbocycles. The van der Waals surface area contributed by atoms with E-state index in [9.17, 15) is 19.8 Å². The van der Waals surface area contributed by atoms with Crippen molar-refractivity contribution in [2.75, 3.05) is 13.2 Å². The van der Waals surface area contributed by atoms with E-state index in [-0.39, 0.29) is 37.7 Å². The van der Waals surface area contributed by atoms with Gasteiger partial charge in [-0.1, -0.05) is 146 Å². The fraction of sp³-hybridized carbons (Fsp3) is 0.737. The van der Waals surface area contributed by atoms with Crippen LogP contribution in [-0.4, -0.2) is 47.6 Å². The molecular weight excluding hydrogens is 552 g/mol. The van der Waals surface area contributed by atoms with Gasteiger partial charge >= 0.3 is 11.9 Å². The first-order chi connectivity index (χ1) is 21.3. The molecule has 0 aromatic rings. The molecule has 0 aromatic heterocycles. The third kappa shape index (κ3) is 32.7.